The van der Waals surface area contributed by atoms with Crippen LogP contribution in [0.25, 0.3) is 0 Å². The second-order valence-electron chi connectivity index (χ2n) is 6.78. The molecular formula is C15H30N2O. The first-order chi connectivity index (χ1) is 8.25. The molecule has 0 aromatic carbocycles. The Balaban J connectivity index is 2.81. The predicted octanol–water partition coefficient (Wildman–Crippen LogP) is 2.80. The van der Waals surface area contributed by atoms with E-state index >= 15 is 0 Å². The monoisotopic (exact) mass is 254 g/mol. The zero-order chi connectivity index (χ0) is 13.9. The molecule has 1 unspecified atom stereocenters. The summed E-state index contributed by atoms with van der Waals surface area (Å²) in [5, 5.41) is 3.48. The summed E-state index contributed by atoms with van der Waals surface area (Å²) in [5.41, 5.74) is 0.00291. The van der Waals surface area contributed by atoms with Crippen molar-refractivity contribution in [3.63, 3.8) is 0 Å². The minimum atomic E-state index is 0.00291. The van der Waals surface area contributed by atoms with E-state index in [1.807, 2.05) is 13.8 Å². The van der Waals surface area contributed by atoms with Crippen molar-refractivity contribution in [2.75, 3.05) is 6.54 Å². The van der Waals surface area contributed by atoms with Gasteiger partial charge in [-0.2, -0.15) is 0 Å². The Kier molecular flexibility index (Phi) is 5.20. The average Bonchev–Trinajstić information content (AvgIpc) is 2.24. The van der Waals surface area contributed by atoms with Crippen LogP contribution in [0.15, 0.2) is 0 Å². The maximum Gasteiger partial charge on any atom is 0.225 e. The number of rotatable bonds is 4. The van der Waals surface area contributed by atoms with Gasteiger partial charge in [-0.15, -0.1) is 0 Å². The normalized spacial score (nSPS) is 23.8. The number of carbonyl (C=O) groups is 1. The molecule has 1 amide bonds. The molecule has 1 heterocycles. The van der Waals surface area contributed by atoms with Crippen LogP contribution in [-0.2, 0) is 4.79 Å². The quantitative estimate of drug-likeness (QED) is 0.836. The van der Waals surface area contributed by atoms with Gasteiger partial charge >= 0.3 is 0 Å². The van der Waals surface area contributed by atoms with Crippen molar-refractivity contribution in [3.05, 3.63) is 0 Å². The minimum absolute atomic E-state index is 0.00291. The van der Waals surface area contributed by atoms with Crippen LogP contribution in [0.1, 0.15) is 60.8 Å². The maximum absolute atomic E-state index is 12.5. The number of hydrogen-bond donors (Lipinski definition) is 1. The Morgan fingerprint density at radius 1 is 1.33 bits per heavy atom. The first-order valence-corrected chi connectivity index (χ1v) is 7.32. The van der Waals surface area contributed by atoms with E-state index in [1.165, 1.54) is 6.42 Å². The summed E-state index contributed by atoms with van der Waals surface area (Å²) in [6, 6.07) is 0.831. The molecule has 3 nitrogen and oxygen atoms in total. The molecule has 0 radical (unpaired) electrons. The first kappa shape index (κ1) is 15.5. The third-order valence-electron chi connectivity index (χ3n) is 3.84. The summed E-state index contributed by atoms with van der Waals surface area (Å²) in [6.07, 6.45) is 3.46. The van der Waals surface area contributed by atoms with E-state index in [4.69, 9.17) is 0 Å². The van der Waals surface area contributed by atoms with Crippen LogP contribution in [0.5, 0.6) is 0 Å². The number of likely N-dealkylation sites (tertiary alicyclic amines) is 1. The van der Waals surface area contributed by atoms with Crippen LogP contribution in [0.2, 0.25) is 0 Å². The molecule has 0 aromatic heterocycles. The molecule has 0 aromatic rings. The zero-order valence-corrected chi connectivity index (χ0v) is 12.9. The number of nitrogens with one attached hydrogen (secondary N) is 1. The largest absolute Gasteiger partial charge is 0.333 e. The van der Waals surface area contributed by atoms with E-state index in [2.05, 4.69) is 37.9 Å². The highest BCUT2D eigenvalue weighted by Crippen LogP contribution is 2.32. The summed E-state index contributed by atoms with van der Waals surface area (Å²) in [6.45, 7) is 13.6. The van der Waals surface area contributed by atoms with Gasteiger partial charge in [0.1, 0.15) is 0 Å². The van der Waals surface area contributed by atoms with Gasteiger partial charge < -0.3 is 10.2 Å². The van der Waals surface area contributed by atoms with Gasteiger partial charge in [0.15, 0.2) is 0 Å². The Bertz CT molecular complexity index is 284. The molecule has 1 aliphatic heterocycles. The topological polar surface area (TPSA) is 32.3 Å². The summed E-state index contributed by atoms with van der Waals surface area (Å²) in [7, 11) is 0. The molecule has 1 atom stereocenters. The number of hydrogen-bond acceptors (Lipinski definition) is 2. The molecule has 3 heteroatoms. The molecule has 106 valence electrons. The predicted molar refractivity (Wildman–Crippen MR) is 76.5 cm³/mol. The summed E-state index contributed by atoms with van der Waals surface area (Å²) in [5.74, 6) is 0.388. The van der Waals surface area contributed by atoms with Gasteiger partial charge in [-0.25, -0.2) is 0 Å². The second-order valence-corrected chi connectivity index (χ2v) is 6.78. The van der Waals surface area contributed by atoms with Gasteiger partial charge in [-0.05, 0) is 33.1 Å². The lowest BCUT2D eigenvalue weighted by atomic mass is 9.85. The van der Waals surface area contributed by atoms with Crippen molar-refractivity contribution in [1.29, 1.82) is 0 Å². The molecular weight excluding hydrogens is 224 g/mol. The van der Waals surface area contributed by atoms with Crippen LogP contribution in [0.3, 0.4) is 0 Å². The fourth-order valence-electron chi connectivity index (χ4n) is 2.84. The van der Waals surface area contributed by atoms with Crippen molar-refractivity contribution in [2.45, 2.75) is 78.4 Å². The van der Waals surface area contributed by atoms with Gasteiger partial charge in [-0.3, -0.25) is 4.79 Å². The summed E-state index contributed by atoms with van der Waals surface area (Å²) < 4.78 is 0. The summed E-state index contributed by atoms with van der Waals surface area (Å²) >= 11 is 0. The highest BCUT2D eigenvalue weighted by Gasteiger charge is 2.39. The third kappa shape index (κ3) is 3.71. The van der Waals surface area contributed by atoms with Gasteiger partial charge in [-0.1, -0.05) is 27.7 Å². The molecule has 0 saturated carbocycles. The molecule has 0 spiro atoms. The fourth-order valence-corrected chi connectivity index (χ4v) is 2.84. The van der Waals surface area contributed by atoms with Crippen LogP contribution >= 0.6 is 0 Å². The standard InChI is InChI=1S/C15H30N2O/c1-11(2)14(18)17-13(10-16-12(3)4)8-7-9-15(17,5)6/h11-13,16H,7-10H2,1-6H3. The smallest absolute Gasteiger partial charge is 0.225 e. The molecule has 1 fully saturated rings. The van der Waals surface area contributed by atoms with Crippen molar-refractivity contribution in [1.82, 2.24) is 10.2 Å². The van der Waals surface area contributed by atoms with Gasteiger partial charge in [0, 0.05) is 30.1 Å². The molecule has 1 rings (SSSR count). The highest BCUT2D eigenvalue weighted by molar-refractivity contribution is 5.79. The van der Waals surface area contributed by atoms with Crippen molar-refractivity contribution in [3.8, 4) is 0 Å². The van der Waals surface area contributed by atoms with E-state index in [0.29, 0.717) is 18.0 Å². The number of amides is 1. The Morgan fingerprint density at radius 2 is 1.94 bits per heavy atom. The van der Waals surface area contributed by atoms with Gasteiger partial charge in [0.25, 0.3) is 0 Å². The molecule has 0 bridgehead atoms. The molecule has 1 saturated heterocycles. The molecule has 1 N–H and O–H groups in total. The van der Waals surface area contributed by atoms with Crippen LogP contribution < -0.4 is 5.32 Å². The van der Waals surface area contributed by atoms with Crippen LogP contribution in [0.4, 0.5) is 0 Å². The Labute approximate surface area is 112 Å². The number of nitrogens with zero attached hydrogens (tertiary/aromatic N) is 1. The average molecular weight is 254 g/mol. The Hall–Kier alpha value is -0.570. The van der Waals surface area contributed by atoms with Crippen LogP contribution in [0, 0.1) is 5.92 Å². The second kappa shape index (κ2) is 6.05. The van der Waals surface area contributed by atoms with Crippen molar-refractivity contribution in [2.24, 2.45) is 5.92 Å². The summed E-state index contributed by atoms with van der Waals surface area (Å²) in [4.78, 5) is 14.6. The molecule has 0 aliphatic carbocycles. The van der Waals surface area contributed by atoms with Crippen molar-refractivity contribution >= 4 is 5.91 Å². The lowest BCUT2D eigenvalue weighted by Gasteiger charge is -2.49. The van der Waals surface area contributed by atoms with E-state index < -0.39 is 0 Å². The minimum Gasteiger partial charge on any atom is -0.333 e. The molecule has 1 aliphatic rings. The SMILES string of the molecule is CC(C)NCC1CCCC(C)(C)N1C(=O)C(C)C. The van der Waals surface area contributed by atoms with Gasteiger partial charge in [0.2, 0.25) is 5.91 Å². The Morgan fingerprint density at radius 3 is 2.44 bits per heavy atom. The number of piperidine rings is 1. The lowest BCUT2D eigenvalue weighted by Crippen LogP contribution is -2.59. The molecule has 18 heavy (non-hydrogen) atoms. The lowest BCUT2D eigenvalue weighted by molar-refractivity contribution is -0.146. The highest BCUT2D eigenvalue weighted by atomic mass is 16.2. The van der Waals surface area contributed by atoms with Gasteiger partial charge in [0.05, 0.1) is 0 Å². The fraction of sp³-hybridized carbons (Fsp3) is 0.933. The maximum atomic E-state index is 12.5. The van der Waals surface area contributed by atoms with E-state index in [-0.39, 0.29) is 11.5 Å². The van der Waals surface area contributed by atoms with E-state index in [0.717, 1.165) is 19.4 Å². The first-order valence-electron chi connectivity index (χ1n) is 7.32. The van der Waals surface area contributed by atoms with E-state index in [1.54, 1.807) is 0 Å². The van der Waals surface area contributed by atoms with E-state index in [9.17, 15) is 4.79 Å². The van der Waals surface area contributed by atoms with Crippen molar-refractivity contribution < 1.29 is 4.79 Å². The number of carbonyl (C=O) groups excluding carboxylic acids is 1. The zero-order valence-electron chi connectivity index (χ0n) is 12.9. The van der Waals surface area contributed by atoms with Crippen LogP contribution in [-0.4, -0.2) is 35.0 Å². The third-order valence-corrected chi connectivity index (χ3v) is 3.84.